The lowest BCUT2D eigenvalue weighted by molar-refractivity contribution is -0.179. The van der Waals surface area contributed by atoms with E-state index in [9.17, 15) is 20.1 Å². The van der Waals surface area contributed by atoms with Gasteiger partial charge in [-0.25, -0.2) is 4.79 Å². The molecule has 1 heterocycles. The second-order valence-electron chi connectivity index (χ2n) is 3.15. The third-order valence-electron chi connectivity index (χ3n) is 2.24. The first kappa shape index (κ1) is 12.3. The average molecular weight is 222 g/mol. The van der Waals surface area contributed by atoms with Gasteiger partial charge in [0.25, 0.3) is 0 Å². The van der Waals surface area contributed by atoms with E-state index in [4.69, 9.17) is 9.47 Å². The van der Waals surface area contributed by atoms with Crippen LogP contribution in [0, 0.1) is 0 Å². The number of aliphatic hydroxyl groups excluding tert-OH is 3. The fraction of sp³-hybridized carbons (Fsp3) is 0.875. The molecule has 1 aliphatic rings. The Kier molecular flexibility index (Phi) is 4.00. The van der Waals surface area contributed by atoms with Gasteiger partial charge in [-0.2, -0.15) is 0 Å². The normalized spacial score (nSPS) is 37.7. The van der Waals surface area contributed by atoms with Gasteiger partial charge in [0.1, 0.15) is 18.3 Å². The summed E-state index contributed by atoms with van der Waals surface area (Å²) in [5.74, 6) is -0.942. The zero-order valence-corrected chi connectivity index (χ0v) is 8.36. The summed E-state index contributed by atoms with van der Waals surface area (Å²) in [4.78, 5) is 11.0. The van der Waals surface area contributed by atoms with Crippen LogP contribution in [0.4, 0.5) is 0 Å². The van der Waals surface area contributed by atoms with Crippen LogP contribution in [-0.4, -0.2) is 66.2 Å². The van der Waals surface area contributed by atoms with Crippen LogP contribution in [0.25, 0.3) is 0 Å². The number of esters is 1. The minimum atomic E-state index is -1.65. The first-order valence-electron chi connectivity index (χ1n) is 4.33. The predicted molar refractivity (Wildman–Crippen MR) is 45.7 cm³/mol. The molecule has 0 radical (unpaired) electrons. The highest BCUT2D eigenvalue weighted by Crippen LogP contribution is 2.24. The Balaban J connectivity index is 2.68. The summed E-state index contributed by atoms with van der Waals surface area (Å²) in [6, 6.07) is 0. The molecular formula is C8H14O7. The highest BCUT2D eigenvalue weighted by molar-refractivity contribution is 5.75. The quantitative estimate of drug-likeness (QED) is 0.457. The number of ether oxygens (including phenoxy) is 3. The van der Waals surface area contributed by atoms with E-state index in [0.29, 0.717) is 0 Å². The maximum absolute atomic E-state index is 11.0. The molecule has 0 aliphatic carbocycles. The number of methoxy groups -OCH3 is 2. The molecular weight excluding hydrogens is 208 g/mol. The van der Waals surface area contributed by atoms with E-state index >= 15 is 0 Å². The Morgan fingerprint density at radius 3 is 2.33 bits per heavy atom. The van der Waals surface area contributed by atoms with Crippen molar-refractivity contribution in [3.8, 4) is 0 Å². The minimum Gasteiger partial charge on any atom is -0.467 e. The molecule has 7 nitrogen and oxygen atoms in total. The van der Waals surface area contributed by atoms with Crippen molar-refractivity contribution in [3.05, 3.63) is 0 Å². The summed E-state index contributed by atoms with van der Waals surface area (Å²) in [5, 5.41) is 28.2. The Labute approximate surface area is 86.2 Å². The van der Waals surface area contributed by atoms with Crippen molar-refractivity contribution in [3.63, 3.8) is 0 Å². The van der Waals surface area contributed by atoms with Gasteiger partial charge in [0, 0.05) is 7.11 Å². The van der Waals surface area contributed by atoms with Crippen LogP contribution in [0.5, 0.6) is 0 Å². The molecule has 0 unspecified atom stereocenters. The van der Waals surface area contributed by atoms with Gasteiger partial charge in [0.15, 0.2) is 12.4 Å². The van der Waals surface area contributed by atoms with Gasteiger partial charge in [-0.05, 0) is 0 Å². The highest BCUT2D eigenvalue weighted by Gasteiger charge is 2.48. The summed E-state index contributed by atoms with van der Waals surface area (Å²) in [7, 11) is 2.37. The second kappa shape index (κ2) is 4.86. The third-order valence-corrected chi connectivity index (χ3v) is 2.24. The predicted octanol–water partition coefficient (Wildman–Crippen LogP) is -2.39. The maximum atomic E-state index is 11.0. The van der Waals surface area contributed by atoms with Crippen molar-refractivity contribution in [2.45, 2.75) is 30.7 Å². The monoisotopic (exact) mass is 222 g/mol. The number of carbonyl (C=O) groups excluding carboxylic acids is 1. The van der Waals surface area contributed by atoms with Gasteiger partial charge >= 0.3 is 5.97 Å². The molecule has 1 rings (SSSR count). The van der Waals surface area contributed by atoms with Gasteiger partial charge in [-0.15, -0.1) is 0 Å². The van der Waals surface area contributed by atoms with E-state index < -0.39 is 36.7 Å². The Morgan fingerprint density at radius 1 is 1.33 bits per heavy atom. The minimum absolute atomic E-state index is 0.942. The molecule has 0 spiro atoms. The first-order valence-corrected chi connectivity index (χ1v) is 4.33. The lowest BCUT2D eigenvalue weighted by Gasteiger charge is -2.18. The summed E-state index contributed by atoms with van der Waals surface area (Å²) < 4.78 is 13.9. The lowest BCUT2D eigenvalue weighted by Crippen LogP contribution is -2.43. The van der Waals surface area contributed by atoms with Crippen LogP contribution in [0.3, 0.4) is 0 Å². The molecule has 15 heavy (non-hydrogen) atoms. The molecule has 88 valence electrons. The van der Waals surface area contributed by atoms with Crippen LogP contribution in [-0.2, 0) is 19.0 Å². The number of carbonyl (C=O) groups is 1. The summed E-state index contributed by atoms with van der Waals surface area (Å²) in [5.41, 5.74) is 0. The second-order valence-corrected chi connectivity index (χ2v) is 3.15. The zero-order chi connectivity index (χ0) is 11.6. The average Bonchev–Trinajstić information content (AvgIpc) is 2.54. The van der Waals surface area contributed by atoms with Crippen LogP contribution in [0.2, 0.25) is 0 Å². The Bertz CT molecular complexity index is 231. The van der Waals surface area contributed by atoms with Gasteiger partial charge < -0.3 is 29.5 Å². The number of hydrogen-bond acceptors (Lipinski definition) is 7. The summed E-state index contributed by atoms with van der Waals surface area (Å²) in [6.07, 6.45) is -6.68. The van der Waals surface area contributed by atoms with Crippen molar-refractivity contribution in [2.24, 2.45) is 0 Å². The van der Waals surface area contributed by atoms with Crippen molar-refractivity contribution in [1.82, 2.24) is 0 Å². The molecule has 0 bridgehead atoms. The lowest BCUT2D eigenvalue weighted by atomic mass is 10.1. The van der Waals surface area contributed by atoms with Crippen molar-refractivity contribution < 1.29 is 34.3 Å². The highest BCUT2D eigenvalue weighted by atomic mass is 16.7. The maximum Gasteiger partial charge on any atom is 0.337 e. The SMILES string of the molecule is COC(=O)[C@@H](O)[C@@H]1O[C@@H](OC)[C@H](O)[C@H]1O. The van der Waals surface area contributed by atoms with Crippen LogP contribution < -0.4 is 0 Å². The number of rotatable bonds is 3. The molecule has 5 atom stereocenters. The molecule has 1 aliphatic heterocycles. The summed E-state index contributed by atoms with van der Waals surface area (Å²) >= 11 is 0. The van der Waals surface area contributed by atoms with E-state index in [1.165, 1.54) is 7.11 Å². The summed E-state index contributed by atoms with van der Waals surface area (Å²) in [6.45, 7) is 0. The van der Waals surface area contributed by atoms with Crippen molar-refractivity contribution in [1.29, 1.82) is 0 Å². The molecule has 0 aromatic carbocycles. The Morgan fingerprint density at radius 2 is 1.93 bits per heavy atom. The molecule has 0 saturated carbocycles. The fourth-order valence-electron chi connectivity index (χ4n) is 1.38. The van der Waals surface area contributed by atoms with Crippen molar-refractivity contribution >= 4 is 5.97 Å². The molecule has 0 amide bonds. The smallest absolute Gasteiger partial charge is 0.337 e. The molecule has 7 heteroatoms. The standard InChI is InChI=1S/C8H14O7/c1-13-7(12)5(11)6-3(9)4(10)8(14-2)15-6/h3-6,8-11H,1-2H3/t3-,4-,5+,6-,8-/m1/s1. The van der Waals surface area contributed by atoms with E-state index in [2.05, 4.69) is 4.74 Å². The molecule has 3 N–H and O–H groups in total. The van der Waals surface area contributed by atoms with Crippen LogP contribution in [0.1, 0.15) is 0 Å². The van der Waals surface area contributed by atoms with Crippen LogP contribution in [0.15, 0.2) is 0 Å². The van der Waals surface area contributed by atoms with Crippen molar-refractivity contribution in [2.75, 3.05) is 14.2 Å². The zero-order valence-electron chi connectivity index (χ0n) is 8.36. The number of aliphatic hydroxyl groups is 3. The van der Waals surface area contributed by atoms with Crippen LogP contribution >= 0.6 is 0 Å². The van der Waals surface area contributed by atoms with Gasteiger partial charge in [0.05, 0.1) is 7.11 Å². The van der Waals surface area contributed by atoms with Gasteiger partial charge in [0.2, 0.25) is 0 Å². The molecule has 1 fully saturated rings. The van der Waals surface area contributed by atoms with E-state index in [-0.39, 0.29) is 0 Å². The Hall–Kier alpha value is -0.730. The molecule has 0 aromatic rings. The third kappa shape index (κ3) is 2.27. The largest absolute Gasteiger partial charge is 0.467 e. The molecule has 0 aromatic heterocycles. The van der Waals surface area contributed by atoms with Gasteiger partial charge in [-0.1, -0.05) is 0 Å². The van der Waals surface area contributed by atoms with E-state index in [1.807, 2.05) is 0 Å². The fourth-order valence-corrected chi connectivity index (χ4v) is 1.38. The number of hydrogen-bond donors (Lipinski definition) is 3. The van der Waals surface area contributed by atoms with E-state index in [1.54, 1.807) is 0 Å². The first-order chi connectivity index (χ1) is 7.02. The molecule has 1 saturated heterocycles. The van der Waals surface area contributed by atoms with E-state index in [0.717, 1.165) is 7.11 Å². The topological polar surface area (TPSA) is 105 Å². The van der Waals surface area contributed by atoms with Gasteiger partial charge in [-0.3, -0.25) is 0 Å².